The van der Waals surface area contributed by atoms with E-state index in [0.29, 0.717) is 5.56 Å². The van der Waals surface area contributed by atoms with Crippen LogP contribution in [0.4, 0.5) is 0 Å². The lowest BCUT2D eigenvalue weighted by molar-refractivity contribution is -0.346. The normalized spacial score (nSPS) is 36.1. The summed E-state index contributed by atoms with van der Waals surface area (Å²) in [4.78, 5) is 24.0. The minimum absolute atomic E-state index is 0.108. The number of aliphatic hydroxyl groups is 5. The van der Waals surface area contributed by atoms with Gasteiger partial charge in [0.25, 0.3) is 0 Å². The molecule has 0 aromatic heterocycles. The van der Waals surface area contributed by atoms with Crippen LogP contribution < -0.4 is 9.47 Å². The third kappa shape index (κ3) is 6.17. The van der Waals surface area contributed by atoms with E-state index in [1.165, 1.54) is 39.4 Å². The number of phenols is 1. The fraction of sp³-hybridized carbons (Fsp3) is 0.556. The van der Waals surface area contributed by atoms with Gasteiger partial charge in [-0.25, -0.2) is 9.59 Å². The van der Waals surface area contributed by atoms with E-state index in [1.807, 2.05) is 0 Å². The first-order valence-electron chi connectivity index (χ1n) is 12.9. The van der Waals surface area contributed by atoms with Crippen molar-refractivity contribution in [3.05, 3.63) is 35.6 Å². The number of rotatable bonds is 9. The lowest BCUT2D eigenvalue weighted by atomic mass is 9.81. The Morgan fingerprint density at radius 3 is 2.29 bits per heavy atom. The largest absolute Gasteiger partial charge is 0.502 e. The van der Waals surface area contributed by atoms with Crippen LogP contribution >= 0.6 is 0 Å². The second-order valence-electron chi connectivity index (χ2n) is 10.5. The number of hydrogen-bond donors (Lipinski definition) is 7. The van der Waals surface area contributed by atoms with Crippen LogP contribution in [-0.4, -0.2) is 117 Å². The Kier molecular flexibility index (Phi) is 9.32. The number of phenolic OH excluding ortho intramolecular Hbond substituents is 1. The molecule has 10 atom stereocenters. The van der Waals surface area contributed by atoms with Crippen LogP contribution in [0.1, 0.15) is 18.9 Å². The van der Waals surface area contributed by atoms with Crippen LogP contribution in [-0.2, 0) is 28.5 Å². The monoisotopic (exact) mass is 598 g/mol. The number of hydrogen-bond acceptors (Lipinski definition) is 14. The van der Waals surface area contributed by atoms with Crippen LogP contribution in [0.3, 0.4) is 0 Å². The van der Waals surface area contributed by atoms with E-state index in [1.54, 1.807) is 0 Å². The van der Waals surface area contributed by atoms with E-state index in [9.17, 15) is 45.3 Å². The molecule has 1 saturated heterocycles. The molecule has 15 nitrogen and oxygen atoms in total. The molecular formula is C27H34O15. The van der Waals surface area contributed by atoms with E-state index in [4.69, 9.17) is 28.4 Å². The molecule has 2 fully saturated rings. The number of fused-ring (bicyclic) bond motifs is 1. The molecule has 7 N–H and O–H groups in total. The first kappa shape index (κ1) is 31.5. The highest BCUT2D eigenvalue weighted by Gasteiger charge is 2.59. The molecule has 42 heavy (non-hydrogen) atoms. The quantitative estimate of drug-likeness (QED) is 0.132. The second kappa shape index (κ2) is 12.4. The first-order valence-corrected chi connectivity index (χ1v) is 12.9. The molecule has 0 spiro atoms. The van der Waals surface area contributed by atoms with Crippen molar-refractivity contribution >= 4 is 18.0 Å². The number of aliphatic carboxylic acids is 1. The molecule has 2 aliphatic heterocycles. The highest BCUT2D eigenvalue weighted by molar-refractivity contribution is 5.88. The summed E-state index contributed by atoms with van der Waals surface area (Å²) in [6.45, 7) is 0.801. The Hall–Kier alpha value is -3.44. The van der Waals surface area contributed by atoms with Crippen molar-refractivity contribution < 1.29 is 73.8 Å². The van der Waals surface area contributed by atoms with Crippen molar-refractivity contribution in [2.75, 3.05) is 20.8 Å². The van der Waals surface area contributed by atoms with E-state index in [0.717, 1.165) is 12.3 Å². The number of ether oxygens (including phenoxy) is 6. The van der Waals surface area contributed by atoms with Gasteiger partial charge in [0.15, 0.2) is 17.8 Å². The smallest absolute Gasteiger partial charge is 0.335 e. The Morgan fingerprint density at radius 1 is 1.05 bits per heavy atom. The third-order valence-corrected chi connectivity index (χ3v) is 7.61. The standard InChI is InChI=1S/C27H34O15/c1-27(36)8-13(28)18-12(24(34)35)9-40-25(19(18)27)42-26-23(33)22(32)21(31)16(41-26)10-39-17(29)5-4-11-6-14(37-2)20(30)15(7-11)38-3/h4-7,9,13,16,18-19,21-23,25-26,28,30-33,36H,8,10H2,1-3H3,(H,34,35)/t13-,16+,18-,19+,21+,22-,23+,25-,26+,27-/m0/s1. The van der Waals surface area contributed by atoms with Crippen LogP contribution in [0.5, 0.6) is 17.2 Å². The van der Waals surface area contributed by atoms with Crippen molar-refractivity contribution in [3.63, 3.8) is 0 Å². The SMILES string of the molecule is COc1cc(C=CC(=O)OC[C@H]2O[C@H](O[C@@H]3OC=C(C(=O)O)[C@@H]4[C@H]3[C@@](C)(O)C[C@@H]4O)[C@H](O)[C@@H](O)[C@@H]2O)cc(OC)c1O. The highest BCUT2D eigenvalue weighted by atomic mass is 16.8. The van der Waals surface area contributed by atoms with E-state index in [-0.39, 0.29) is 29.2 Å². The lowest BCUT2D eigenvalue weighted by Gasteiger charge is -2.44. The van der Waals surface area contributed by atoms with Gasteiger partial charge in [0.1, 0.15) is 31.0 Å². The number of carboxylic acids is 1. The Morgan fingerprint density at radius 2 is 1.69 bits per heavy atom. The van der Waals surface area contributed by atoms with Crippen LogP contribution in [0.25, 0.3) is 6.08 Å². The molecule has 2 heterocycles. The summed E-state index contributed by atoms with van der Waals surface area (Å²) in [7, 11) is 2.69. The fourth-order valence-corrected chi connectivity index (χ4v) is 5.47. The van der Waals surface area contributed by atoms with Gasteiger partial charge in [-0.3, -0.25) is 0 Å². The predicted molar refractivity (Wildman–Crippen MR) is 138 cm³/mol. The topological polar surface area (TPSA) is 231 Å². The van der Waals surface area contributed by atoms with Gasteiger partial charge >= 0.3 is 11.9 Å². The maximum Gasteiger partial charge on any atom is 0.335 e. The molecule has 232 valence electrons. The van der Waals surface area contributed by atoms with Gasteiger partial charge in [0.2, 0.25) is 12.0 Å². The molecule has 3 aliphatic rings. The molecule has 15 heteroatoms. The highest BCUT2D eigenvalue weighted by Crippen LogP contribution is 2.49. The summed E-state index contributed by atoms with van der Waals surface area (Å²) in [5.74, 6) is -4.39. The molecule has 0 bridgehead atoms. The number of aliphatic hydroxyl groups excluding tert-OH is 4. The van der Waals surface area contributed by atoms with Crippen molar-refractivity contribution in [2.24, 2.45) is 11.8 Å². The number of benzene rings is 1. The van der Waals surface area contributed by atoms with E-state index < -0.39 is 79.1 Å². The van der Waals surface area contributed by atoms with Gasteiger partial charge in [-0.1, -0.05) is 0 Å². The average Bonchev–Trinajstić information content (AvgIpc) is 3.20. The zero-order chi connectivity index (χ0) is 30.9. The van der Waals surface area contributed by atoms with Crippen molar-refractivity contribution in [1.82, 2.24) is 0 Å². The second-order valence-corrected chi connectivity index (χ2v) is 10.5. The number of esters is 1. The molecular weight excluding hydrogens is 564 g/mol. The van der Waals surface area contributed by atoms with Crippen molar-refractivity contribution in [1.29, 1.82) is 0 Å². The number of aromatic hydroxyl groups is 1. The average molecular weight is 599 g/mol. The zero-order valence-corrected chi connectivity index (χ0v) is 22.9. The van der Waals surface area contributed by atoms with Crippen LogP contribution in [0.2, 0.25) is 0 Å². The minimum atomic E-state index is -1.81. The molecule has 0 radical (unpaired) electrons. The summed E-state index contributed by atoms with van der Waals surface area (Å²) >= 11 is 0. The minimum Gasteiger partial charge on any atom is -0.502 e. The number of carbonyl (C=O) groups excluding carboxylic acids is 1. The zero-order valence-electron chi connectivity index (χ0n) is 22.9. The summed E-state index contributed by atoms with van der Waals surface area (Å²) < 4.78 is 32.0. The maximum absolute atomic E-state index is 12.4. The van der Waals surface area contributed by atoms with Crippen molar-refractivity contribution in [2.45, 2.75) is 62.0 Å². The van der Waals surface area contributed by atoms with Crippen LogP contribution in [0.15, 0.2) is 30.0 Å². The third-order valence-electron chi connectivity index (χ3n) is 7.61. The molecule has 1 aliphatic carbocycles. The Bertz CT molecular complexity index is 1200. The van der Waals surface area contributed by atoms with Gasteiger partial charge in [0.05, 0.1) is 43.7 Å². The Labute approximate surface area is 239 Å². The van der Waals surface area contributed by atoms with Gasteiger partial charge in [-0.15, -0.1) is 0 Å². The maximum atomic E-state index is 12.4. The molecule has 1 aromatic rings. The molecule has 0 amide bonds. The Balaban J connectivity index is 1.43. The lowest BCUT2D eigenvalue weighted by Crippen LogP contribution is -2.61. The summed E-state index contributed by atoms with van der Waals surface area (Å²) in [5.41, 5.74) is -1.47. The van der Waals surface area contributed by atoms with Gasteiger partial charge in [-0.05, 0) is 30.7 Å². The van der Waals surface area contributed by atoms with E-state index in [2.05, 4.69) is 0 Å². The van der Waals surface area contributed by atoms with E-state index >= 15 is 0 Å². The van der Waals surface area contributed by atoms with Gasteiger partial charge in [0, 0.05) is 18.4 Å². The predicted octanol–water partition coefficient (Wildman–Crippen LogP) is -1.14. The van der Waals surface area contributed by atoms with Crippen LogP contribution in [0, 0.1) is 11.8 Å². The molecule has 0 unspecified atom stereocenters. The molecule has 1 saturated carbocycles. The first-order chi connectivity index (χ1) is 19.8. The number of carboxylic acid groups (broad SMARTS) is 1. The number of methoxy groups -OCH3 is 2. The van der Waals surface area contributed by atoms with Crippen molar-refractivity contribution in [3.8, 4) is 17.2 Å². The van der Waals surface area contributed by atoms with Gasteiger partial charge in [-0.2, -0.15) is 0 Å². The summed E-state index contributed by atoms with van der Waals surface area (Å²) in [6, 6.07) is 2.89. The number of carbonyl (C=O) groups is 2. The van der Waals surface area contributed by atoms with Gasteiger partial charge < -0.3 is 64.2 Å². The molecule has 1 aromatic carbocycles. The molecule has 4 rings (SSSR count). The fourth-order valence-electron chi connectivity index (χ4n) is 5.47. The summed E-state index contributed by atoms with van der Waals surface area (Å²) in [5, 5.41) is 72.3. The summed E-state index contributed by atoms with van der Waals surface area (Å²) in [6.07, 6.45) is -7.90.